The molecule has 0 spiro atoms. The fourth-order valence-corrected chi connectivity index (χ4v) is 1.51. The van der Waals surface area contributed by atoms with Crippen molar-refractivity contribution in [1.29, 1.82) is 0 Å². The number of aromatic nitrogens is 1. The third kappa shape index (κ3) is 0.926. The summed E-state index contributed by atoms with van der Waals surface area (Å²) in [6.07, 6.45) is 1.81. The zero-order valence-corrected chi connectivity index (χ0v) is 6.14. The summed E-state index contributed by atoms with van der Waals surface area (Å²) >= 11 is 1.68. The van der Waals surface area contributed by atoms with Crippen molar-refractivity contribution in [2.45, 2.75) is 5.75 Å². The highest BCUT2D eigenvalue weighted by molar-refractivity contribution is 8.11. The van der Waals surface area contributed by atoms with Crippen molar-refractivity contribution in [3.8, 4) is 0 Å². The molecule has 10 heavy (non-hydrogen) atoms. The standard InChI is InChI=1S/C7H6N2S/c1-2-6-7(8-3-1)4-10-5-9-6/h1-3,5H,4H2. The Morgan fingerprint density at radius 1 is 1.50 bits per heavy atom. The maximum absolute atomic E-state index is 4.18. The van der Waals surface area contributed by atoms with Gasteiger partial charge in [-0.05, 0) is 12.1 Å². The predicted octanol–water partition coefficient (Wildman–Crippen LogP) is 1.99. The van der Waals surface area contributed by atoms with Crippen LogP contribution in [-0.4, -0.2) is 10.5 Å². The Labute approximate surface area is 63.4 Å². The molecule has 0 fully saturated rings. The van der Waals surface area contributed by atoms with Gasteiger partial charge in [0.25, 0.3) is 0 Å². The van der Waals surface area contributed by atoms with E-state index in [4.69, 9.17) is 0 Å². The Morgan fingerprint density at radius 2 is 2.50 bits per heavy atom. The SMILES string of the molecule is C1=Nc2cccnc2CS1. The second kappa shape index (κ2) is 2.42. The van der Waals surface area contributed by atoms with Crippen LogP contribution in [0.4, 0.5) is 5.69 Å². The molecule has 3 heteroatoms. The minimum Gasteiger partial charge on any atom is -0.258 e. The number of rotatable bonds is 0. The summed E-state index contributed by atoms with van der Waals surface area (Å²) in [5.74, 6) is 0.958. The second-order valence-corrected chi connectivity index (χ2v) is 2.85. The van der Waals surface area contributed by atoms with Crippen molar-refractivity contribution in [2.75, 3.05) is 0 Å². The number of fused-ring (bicyclic) bond motifs is 1. The summed E-state index contributed by atoms with van der Waals surface area (Å²) < 4.78 is 0. The molecule has 0 saturated heterocycles. The molecule has 0 aromatic carbocycles. The number of thioether (sulfide) groups is 1. The lowest BCUT2D eigenvalue weighted by Gasteiger charge is -2.05. The highest BCUT2D eigenvalue weighted by atomic mass is 32.2. The molecule has 0 atom stereocenters. The van der Waals surface area contributed by atoms with E-state index in [-0.39, 0.29) is 0 Å². The van der Waals surface area contributed by atoms with E-state index in [0.717, 1.165) is 17.1 Å². The van der Waals surface area contributed by atoms with Gasteiger partial charge in [0.05, 0.1) is 16.9 Å². The molecule has 1 aromatic rings. The van der Waals surface area contributed by atoms with E-state index < -0.39 is 0 Å². The van der Waals surface area contributed by atoms with Gasteiger partial charge in [0.15, 0.2) is 0 Å². The lowest BCUT2D eigenvalue weighted by Crippen LogP contribution is -1.90. The Balaban J connectivity index is 2.54. The number of aliphatic imine (C=N–C) groups is 1. The smallest absolute Gasteiger partial charge is 0.0859 e. The maximum atomic E-state index is 4.18. The molecular formula is C7H6N2S. The molecule has 0 aliphatic carbocycles. The average Bonchev–Trinajstić information content (AvgIpc) is 2.05. The first-order chi connectivity index (χ1) is 4.97. The second-order valence-electron chi connectivity index (χ2n) is 2.01. The van der Waals surface area contributed by atoms with Crippen LogP contribution in [0, 0.1) is 0 Å². The van der Waals surface area contributed by atoms with Crippen molar-refractivity contribution >= 4 is 23.0 Å². The van der Waals surface area contributed by atoms with Crippen LogP contribution in [0.2, 0.25) is 0 Å². The zero-order valence-electron chi connectivity index (χ0n) is 5.32. The Hall–Kier alpha value is -0.830. The first kappa shape index (κ1) is 5.92. The Bertz CT molecular complexity index is 270. The van der Waals surface area contributed by atoms with Gasteiger partial charge in [-0.15, -0.1) is 11.8 Å². The van der Waals surface area contributed by atoms with E-state index in [9.17, 15) is 0 Å². The molecule has 2 nitrogen and oxygen atoms in total. The highest BCUT2D eigenvalue weighted by Gasteiger charge is 2.03. The van der Waals surface area contributed by atoms with Gasteiger partial charge in [0, 0.05) is 11.9 Å². The first-order valence-electron chi connectivity index (χ1n) is 3.05. The van der Waals surface area contributed by atoms with Crippen molar-refractivity contribution in [1.82, 2.24) is 4.98 Å². The zero-order chi connectivity index (χ0) is 6.81. The van der Waals surface area contributed by atoms with Crippen LogP contribution in [-0.2, 0) is 5.75 Å². The molecule has 2 rings (SSSR count). The fourth-order valence-electron chi connectivity index (χ4n) is 0.869. The van der Waals surface area contributed by atoms with E-state index in [2.05, 4.69) is 9.98 Å². The molecule has 0 amide bonds. The van der Waals surface area contributed by atoms with Crippen LogP contribution < -0.4 is 0 Å². The largest absolute Gasteiger partial charge is 0.258 e. The summed E-state index contributed by atoms with van der Waals surface area (Å²) in [5, 5.41) is 0. The molecular weight excluding hydrogens is 144 g/mol. The molecule has 0 radical (unpaired) electrons. The minimum absolute atomic E-state index is 0.958. The van der Waals surface area contributed by atoms with E-state index in [1.165, 1.54) is 0 Å². The Morgan fingerprint density at radius 3 is 3.40 bits per heavy atom. The molecule has 0 unspecified atom stereocenters. The first-order valence-corrected chi connectivity index (χ1v) is 4.10. The van der Waals surface area contributed by atoms with Gasteiger partial charge in [-0.25, -0.2) is 4.99 Å². The number of hydrogen-bond acceptors (Lipinski definition) is 3. The van der Waals surface area contributed by atoms with Crippen LogP contribution in [0.3, 0.4) is 0 Å². The average molecular weight is 150 g/mol. The van der Waals surface area contributed by atoms with Gasteiger partial charge in [-0.2, -0.15) is 0 Å². The predicted molar refractivity (Wildman–Crippen MR) is 43.7 cm³/mol. The highest BCUT2D eigenvalue weighted by Crippen LogP contribution is 2.24. The summed E-state index contributed by atoms with van der Waals surface area (Å²) in [4.78, 5) is 8.35. The van der Waals surface area contributed by atoms with E-state index in [0.29, 0.717) is 0 Å². The van der Waals surface area contributed by atoms with Crippen molar-refractivity contribution in [2.24, 2.45) is 4.99 Å². The fraction of sp³-hybridized carbons (Fsp3) is 0.143. The van der Waals surface area contributed by atoms with Crippen LogP contribution in [0.5, 0.6) is 0 Å². The van der Waals surface area contributed by atoms with E-state index in [1.54, 1.807) is 18.0 Å². The molecule has 1 aliphatic rings. The molecule has 2 heterocycles. The van der Waals surface area contributed by atoms with Gasteiger partial charge in [-0.3, -0.25) is 4.98 Å². The number of hydrogen-bond donors (Lipinski definition) is 0. The van der Waals surface area contributed by atoms with Crippen molar-refractivity contribution < 1.29 is 0 Å². The van der Waals surface area contributed by atoms with Crippen LogP contribution in [0.25, 0.3) is 0 Å². The summed E-state index contributed by atoms with van der Waals surface area (Å²) in [6, 6.07) is 3.89. The van der Waals surface area contributed by atoms with Crippen molar-refractivity contribution in [3.63, 3.8) is 0 Å². The Kier molecular flexibility index (Phi) is 1.43. The number of pyridine rings is 1. The van der Waals surface area contributed by atoms with E-state index >= 15 is 0 Å². The van der Waals surface area contributed by atoms with Crippen molar-refractivity contribution in [3.05, 3.63) is 24.0 Å². The summed E-state index contributed by atoms with van der Waals surface area (Å²) in [6.45, 7) is 0. The van der Waals surface area contributed by atoms with Crippen LogP contribution >= 0.6 is 11.8 Å². The summed E-state index contributed by atoms with van der Waals surface area (Å²) in [7, 11) is 0. The third-order valence-corrected chi connectivity index (χ3v) is 2.05. The normalized spacial score (nSPS) is 14.8. The van der Waals surface area contributed by atoms with Gasteiger partial charge < -0.3 is 0 Å². The molecule has 1 aromatic heterocycles. The molecule has 0 saturated carbocycles. The lowest BCUT2D eigenvalue weighted by molar-refractivity contribution is 1.16. The minimum atomic E-state index is 0.958. The lowest BCUT2D eigenvalue weighted by atomic mass is 10.3. The van der Waals surface area contributed by atoms with Gasteiger partial charge in [0.2, 0.25) is 0 Å². The van der Waals surface area contributed by atoms with Gasteiger partial charge >= 0.3 is 0 Å². The quantitative estimate of drug-likeness (QED) is 0.565. The van der Waals surface area contributed by atoms with Gasteiger partial charge in [0.1, 0.15) is 0 Å². The molecule has 0 N–H and O–H groups in total. The summed E-state index contributed by atoms with van der Waals surface area (Å²) in [5.41, 5.74) is 3.97. The van der Waals surface area contributed by atoms with Crippen LogP contribution in [0.1, 0.15) is 5.69 Å². The molecule has 1 aliphatic heterocycles. The number of nitrogens with zero attached hydrogens (tertiary/aromatic N) is 2. The van der Waals surface area contributed by atoms with Gasteiger partial charge in [-0.1, -0.05) is 0 Å². The van der Waals surface area contributed by atoms with E-state index in [1.807, 2.05) is 17.7 Å². The molecule has 0 bridgehead atoms. The van der Waals surface area contributed by atoms with Crippen LogP contribution in [0.15, 0.2) is 23.3 Å². The maximum Gasteiger partial charge on any atom is 0.0859 e. The third-order valence-electron chi connectivity index (χ3n) is 1.35. The monoisotopic (exact) mass is 150 g/mol. The molecule has 50 valence electrons. The topological polar surface area (TPSA) is 25.2 Å².